The monoisotopic (exact) mass is 493 g/mol. The lowest BCUT2D eigenvalue weighted by atomic mass is 10.0. The number of amides is 2. The van der Waals surface area contributed by atoms with Gasteiger partial charge in [-0.3, -0.25) is 10.1 Å². The van der Waals surface area contributed by atoms with Gasteiger partial charge in [0.15, 0.2) is 0 Å². The number of aliphatic hydroxyl groups is 1. The number of hydrogen-bond acceptors (Lipinski definition) is 5. The molecule has 1 fully saturated rings. The number of carbonyl (C=O) groups excluding carboxylic acids is 2. The summed E-state index contributed by atoms with van der Waals surface area (Å²) in [7, 11) is 0. The molecular formula is C29H39N3O4. The van der Waals surface area contributed by atoms with E-state index in [9.17, 15) is 14.7 Å². The summed E-state index contributed by atoms with van der Waals surface area (Å²) < 4.78 is 5.31. The Morgan fingerprint density at radius 3 is 2.19 bits per heavy atom. The highest BCUT2D eigenvalue weighted by Crippen LogP contribution is 2.24. The number of para-hydroxylation sites is 2. The second-order valence-electron chi connectivity index (χ2n) is 11.0. The van der Waals surface area contributed by atoms with Crippen molar-refractivity contribution in [2.24, 2.45) is 0 Å². The highest BCUT2D eigenvalue weighted by atomic mass is 16.6. The van der Waals surface area contributed by atoms with Crippen LogP contribution in [0.25, 0.3) is 6.08 Å². The van der Waals surface area contributed by atoms with Gasteiger partial charge in [0.2, 0.25) is 0 Å². The van der Waals surface area contributed by atoms with E-state index in [1.54, 1.807) is 45.0 Å². The summed E-state index contributed by atoms with van der Waals surface area (Å²) in [6, 6.07) is 14.5. The number of β-amino-alcohol motifs (C(OH)–C–C–N with tert-alkyl or cyclic N) is 1. The molecule has 7 heteroatoms. The Hall–Kier alpha value is -3.16. The molecule has 0 atom stereocenters. The van der Waals surface area contributed by atoms with Gasteiger partial charge in [-0.2, -0.15) is 0 Å². The van der Waals surface area contributed by atoms with E-state index in [1.165, 1.54) is 5.57 Å². The van der Waals surface area contributed by atoms with Gasteiger partial charge in [-0.05, 0) is 90.3 Å². The number of likely N-dealkylation sites (tertiary alicyclic amines) is 1. The maximum atomic E-state index is 12.9. The summed E-state index contributed by atoms with van der Waals surface area (Å²) in [5.74, 6) is -0.260. The van der Waals surface area contributed by atoms with Crippen molar-refractivity contribution in [3.63, 3.8) is 0 Å². The first-order valence-corrected chi connectivity index (χ1v) is 12.5. The summed E-state index contributed by atoms with van der Waals surface area (Å²) >= 11 is 0. The Labute approximate surface area is 214 Å². The predicted molar refractivity (Wildman–Crippen MR) is 145 cm³/mol. The van der Waals surface area contributed by atoms with Gasteiger partial charge in [-0.15, -0.1) is 0 Å². The van der Waals surface area contributed by atoms with Crippen molar-refractivity contribution in [1.82, 2.24) is 4.90 Å². The molecule has 36 heavy (non-hydrogen) atoms. The van der Waals surface area contributed by atoms with Gasteiger partial charge in [0.1, 0.15) is 5.60 Å². The van der Waals surface area contributed by atoms with Gasteiger partial charge in [0, 0.05) is 18.7 Å². The Morgan fingerprint density at radius 2 is 1.58 bits per heavy atom. The third kappa shape index (κ3) is 9.13. The minimum absolute atomic E-state index is 0.260. The predicted octanol–water partition coefficient (Wildman–Crippen LogP) is 5.93. The molecule has 3 N–H and O–H groups in total. The van der Waals surface area contributed by atoms with Crippen LogP contribution < -0.4 is 10.6 Å². The number of ether oxygens (including phenoxy) is 1. The molecule has 3 rings (SSSR count). The lowest BCUT2D eigenvalue weighted by Gasteiger charge is -2.27. The smallest absolute Gasteiger partial charge is 0.412 e. The lowest BCUT2D eigenvalue weighted by molar-refractivity contribution is 0.0375. The fourth-order valence-electron chi connectivity index (χ4n) is 4.19. The van der Waals surface area contributed by atoms with Crippen molar-refractivity contribution in [3.8, 4) is 0 Å². The molecule has 1 heterocycles. The zero-order chi connectivity index (χ0) is 26.3. The van der Waals surface area contributed by atoms with E-state index >= 15 is 0 Å². The van der Waals surface area contributed by atoms with E-state index in [-0.39, 0.29) is 5.91 Å². The fraction of sp³-hybridized carbons (Fsp3) is 0.448. The molecule has 0 radical (unpaired) electrons. The minimum Gasteiger partial charge on any atom is -0.444 e. The number of hydrogen-bond donors (Lipinski definition) is 3. The number of carbonyl (C=O) groups is 2. The minimum atomic E-state index is -0.684. The summed E-state index contributed by atoms with van der Waals surface area (Å²) in [6.07, 6.45) is 4.70. The van der Waals surface area contributed by atoms with Gasteiger partial charge in [-0.1, -0.05) is 35.9 Å². The second kappa shape index (κ2) is 11.7. The molecule has 0 saturated carbocycles. The highest BCUT2D eigenvalue weighted by Gasteiger charge is 2.20. The van der Waals surface area contributed by atoms with Crippen LogP contribution in [-0.2, 0) is 4.74 Å². The summed E-state index contributed by atoms with van der Waals surface area (Å²) in [5.41, 5.74) is 2.63. The normalized spacial score (nSPS) is 16.3. The largest absolute Gasteiger partial charge is 0.444 e. The van der Waals surface area contributed by atoms with Crippen LogP contribution in [-0.4, -0.2) is 52.8 Å². The second-order valence-corrected chi connectivity index (χ2v) is 11.0. The van der Waals surface area contributed by atoms with Crippen LogP contribution in [0.4, 0.5) is 16.2 Å². The van der Waals surface area contributed by atoms with E-state index in [1.807, 2.05) is 38.1 Å². The van der Waals surface area contributed by atoms with Crippen molar-refractivity contribution >= 4 is 29.5 Å². The van der Waals surface area contributed by atoms with Crippen molar-refractivity contribution in [1.29, 1.82) is 0 Å². The number of anilines is 2. The first kappa shape index (κ1) is 27.4. The number of benzene rings is 2. The molecule has 0 spiro atoms. The van der Waals surface area contributed by atoms with Crippen LogP contribution in [0.5, 0.6) is 0 Å². The molecule has 2 amide bonds. The molecule has 0 unspecified atom stereocenters. The summed E-state index contributed by atoms with van der Waals surface area (Å²) in [4.78, 5) is 27.4. The van der Waals surface area contributed by atoms with E-state index in [0.717, 1.165) is 37.9 Å². The SMILES string of the molecule is CC(C)(O)CN1CCCC(=Cc2ccc(C(=O)Nc3ccccc3NC(=O)OC(C)(C)C)cc2)CC1. The first-order valence-electron chi connectivity index (χ1n) is 12.5. The van der Waals surface area contributed by atoms with Crippen molar-refractivity contribution in [2.75, 3.05) is 30.3 Å². The molecule has 2 aromatic carbocycles. The fourth-order valence-corrected chi connectivity index (χ4v) is 4.19. The van der Waals surface area contributed by atoms with Crippen LogP contribution in [0.15, 0.2) is 54.1 Å². The molecule has 1 saturated heterocycles. The molecule has 194 valence electrons. The maximum absolute atomic E-state index is 12.9. The quantitative estimate of drug-likeness (QED) is 0.464. The molecule has 0 aromatic heterocycles. The Bertz CT molecular complexity index is 1080. The van der Waals surface area contributed by atoms with Gasteiger partial charge < -0.3 is 20.1 Å². The van der Waals surface area contributed by atoms with Crippen LogP contribution in [0, 0.1) is 0 Å². The van der Waals surface area contributed by atoms with E-state index in [4.69, 9.17) is 4.74 Å². The first-order chi connectivity index (χ1) is 16.9. The molecule has 0 aliphatic carbocycles. The zero-order valence-corrected chi connectivity index (χ0v) is 22.1. The summed E-state index contributed by atoms with van der Waals surface area (Å²) in [5, 5.41) is 15.7. The van der Waals surface area contributed by atoms with Crippen molar-refractivity contribution < 1.29 is 19.4 Å². The summed E-state index contributed by atoms with van der Waals surface area (Å²) in [6.45, 7) is 11.7. The molecule has 1 aliphatic heterocycles. The van der Waals surface area contributed by atoms with Gasteiger partial charge in [0.05, 0.1) is 17.0 Å². The van der Waals surface area contributed by atoms with Gasteiger partial charge in [0.25, 0.3) is 5.91 Å². The van der Waals surface area contributed by atoms with Crippen molar-refractivity contribution in [2.45, 2.75) is 65.1 Å². The standard InChI is InChI=1S/C29H39N3O4/c1-28(2,3)36-27(34)31-25-11-7-6-10-24(25)30-26(33)23-14-12-22(13-15-23)19-21-9-8-17-32(18-16-21)20-29(4,5)35/h6-7,10-15,19,35H,8-9,16-18,20H2,1-5H3,(H,30,33)(H,31,34). The Morgan fingerprint density at radius 1 is 0.944 bits per heavy atom. The van der Waals surface area contributed by atoms with Crippen LogP contribution in [0.2, 0.25) is 0 Å². The molecule has 0 bridgehead atoms. The lowest BCUT2D eigenvalue weighted by Crippen LogP contribution is -2.39. The van der Waals surface area contributed by atoms with E-state index in [0.29, 0.717) is 23.5 Å². The topological polar surface area (TPSA) is 90.9 Å². The molecule has 1 aliphatic rings. The molecule has 2 aromatic rings. The number of nitrogens with one attached hydrogen (secondary N) is 2. The van der Waals surface area contributed by atoms with E-state index < -0.39 is 17.3 Å². The average molecular weight is 494 g/mol. The maximum Gasteiger partial charge on any atom is 0.412 e. The van der Waals surface area contributed by atoms with Gasteiger partial charge >= 0.3 is 6.09 Å². The van der Waals surface area contributed by atoms with Gasteiger partial charge in [-0.25, -0.2) is 4.79 Å². The molecular weight excluding hydrogens is 454 g/mol. The number of nitrogens with zero attached hydrogens (tertiary/aromatic N) is 1. The average Bonchev–Trinajstić information content (AvgIpc) is 2.98. The Kier molecular flexibility index (Phi) is 8.93. The Balaban J connectivity index is 1.62. The number of rotatable bonds is 6. The third-order valence-electron chi connectivity index (χ3n) is 5.69. The molecule has 7 nitrogen and oxygen atoms in total. The van der Waals surface area contributed by atoms with E-state index in [2.05, 4.69) is 21.6 Å². The van der Waals surface area contributed by atoms with Crippen LogP contribution >= 0.6 is 0 Å². The highest BCUT2D eigenvalue weighted by molar-refractivity contribution is 6.07. The van der Waals surface area contributed by atoms with Crippen LogP contribution in [0.1, 0.15) is 69.8 Å². The van der Waals surface area contributed by atoms with Crippen molar-refractivity contribution in [3.05, 3.63) is 65.2 Å². The van der Waals surface area contributed by atoms with Crippen LogP contribution in [0.3, 0.4) is 0 Å². The third-order valence-corrected chi connectivity index (χ3v) is 5.69. The zero-order valence-electron chi connectivity index (χ0n) is 22.1.